The molecule has 0 bridgehead atoms. The second kappa shape index (κ2) is 10.6. The van der Waals surface area contributed by atoms with Gasteiger partial charge in [-0.1, -0.05) is 6.07 Å². The second-order valence-corrected chi connectivity index (χ2v) is 9.36. The standard InChI is InChI=1S/C25H26N4O5S/c1-16-17(2)29(14-19-5-3-11-33-19)23(20(16)13-26)27-22(30)15-34-25(32)18-7-9-28(10-8-18)24(31)21-6-4-12-35-21/h3-6,11-12,18H,7-10,14-15H2,1-2H3,(H,27,30). The Balaban J connectivity index is 1.32. The average molecular weight is 495 g/mol. The Kier molecular flexibility index (Phi) is 7.36. The number of thiophene rings is 1. The van der Waals surface area contributed by atoms with Crippen LogP contribution >= 0.6 is 11.3 Å². The summed E-state index contributed by atoms with van der Waals surface area (Å²) in [5.41, 5.74) is 1.95. The van der Waals surface area contributed by atoms with E-state index in [0.29, 0.717) is 54.5 Å². The highest BCUT2D eigenvalue weighted by Gasteiger charge is 2.29. The van der Waals surface area contributed by atoms with Crippen molar-refractivity contribution in [3.05, 3.63) is 63.4 Å². The number of hydrogen-bond acceptors (Lipinski definition) is 7. The molecule has 1 aliphatic heterocycles. The molecule has 3 aromatic rings. The van der Waals surface area contributed by atoms with Gasteiger partial charge in [-0.15, -0.1) is 11.3 Å². The van der Waals surface area contributed by atoms with Crippen LogP contribution < -0.4 is 5.32 Å². The van der Waals surface area contributed by atoms with E-state index in [4.69, 9.17) is 9.15 Å². The molecule has 2 amide bonds. The number of ether oxygens (including phenoxy) is 1. The molecular formula is C25H26N4O5S. The number of esters is 1. The van der Waals surface area contributed by atoms with E-state index in [0.717, 1.165) is 11.3 Å². The van der Waals surface area contributed by atoms with E-state index in [2.05, 4.69) is 11.4 Å². The first-order valence-electron chi connectivity index (χ1n) is 11.3. The zero-order chi connectivity index (χ0) is 24.9. The third-order valence-electron chi connectivity index (χ3n) is 6.29. The molecule has 0 unspecified atom stereocenters. The normalized spacial score (nSPS) is 13.9. The molecule has 0 saturated carbocycles. The Labute approximate surface area is 206 Å². The molecule has 3 aromatic heterocycles. The number of hydrogen-bond donors (Lipinski definition) is 1. The van der Waals surface area contributed by atoms with Crippen molar-refractivity contribution in [2.24, 2.45) is 5.92 Å². The fraction of sp³-hybridized carbons (Fsp3) is 0.360. The SMILES string of the molecule is Cc1c(C#N)c(NC(=O)COC(=O)C2CCN(C(=O)c3cccs3)CC2)n(Cc2ccco2)c1C. The van der Waals surface area contributed by atoms with Gasteiger partial charge in [0.2, 0.25) is 0 Å². The molecule has 0 atom stereocenters. The number of anilines is 1. The predicted octanol–water partition coefficient (Wildman–Crippen LogP) is 3.71. The van der Waals surface area contributed by atoms with Crippen LogP contribution in [0, 0.1) is 31.1 Å². The highest BCUT2D eigenvalue weighted by molar-refractivity contribution is 7.12. The maximum absolute atomic E-state index is 12.6. The zero-order valence-electron chi connectivity index (χ0n) is 19.6. The Hall–Kier alpha value is -3.84. The molecule has 1 saturated heterocycles. The summed E-state index contributed by atoms with van der Waals surface area (Å²) >= 11 is 1.40. The van der Waals surface area contributed by atoms with Crippen molar-refractivity contribution in [2.45, 2.75) is 33.2 Å². The molecule has 1 aliphatic rings. The lowest BCUT2D eigenvalue weighted by Crippen LogP contribution is -2.40. The highest BCUT2D eigenvalue weighted by Crippen LogP contribution is 2.27. The molecule has 0 aliphatic carbocycles. The van der Waals surface area contributed by atoms with E-state index in [1.165, 1.54) is 11.3 Å². The molecule has 4 heterocycles. The lowest BCUT2D eigenvalue weighted by molar-refractivity contribution is -0.152. The summed E-state index contributed by atoms with van der Waals surface area (Å²) in [5, 5.41) is 14.2. The van der Waals surface area contributed by atoms with Gasteiger partial charge in [0.25, 0.3) is 11.8 Å². The maximum Gasteiger partial charge on any atom is 0.309 e. The van der Waals surface area contributed by atoms with Crippen LogP contribution in [0.25, 0.3) is 0 Å². The number of furan rings is 1. The molecule has 4 rings (SSSR count). The Bertz CT molecular complexity index is 1250. The van der Waals surface area contributed by atoms with Crippen molar-refractivity contribution in [3.63, 3.8) is 0 Å². The minimum absolute atomic E-state index is 0.0253. The van der Waals surface area contributed by atoms with E-state index in [-0.39, 0.29) is 11.8 Å². The van der Waals surface area contributed by atoms with E-state index in [1.807, 2.05) is 31.4 Å². The van der Waals surface area contributed by atoms with Crippen LogP contribution in [0.5, 0.6) is 0 Å². The molecule has 0 radical (unpaired) electrons. The van der Waals surface area contributed by atoms with Gasteiger partial charge in [-0.05, 0) is 55.8 Å². The summed E-state index contributed by atoms with van der Waals surface area (Å²) in [6.07, 6.45) is 2.54. The smallest absolute Gasteiger partial charge is 0.309 e. The molecule has 1 N–H and O–H groups in total. The molecule has 1 fully saturated rings. The molecule has 182 valence electrons. The fourth-order valence-corrected chi connectivity index (χ4v) is 4.87. The number of piperidine rings is 1. The third-order valence-corrected chi connectivity index (χ3v) is 7.14. The highest BCUT2D eigenvalue weighted by atomic mass is 32.1. The van der Waals surface area contributed by atoms with Gasteiger partial charge in [-0.3, -0.25) is 14.4 Å². The van der Waals surface area contributed by atoms with Crippen LogP contribution in [0.1, 0.15) is 45.1 Å². The van der Waals surface area contributed by atoms with Crippen molar-refractivity contribution < 1.29 is 23.5 Å². The topological polar surface area (TPSA) is 118 Å². The van der Waals surface area contributed by atoms with Crippen molar-refractivity contribution >= 4 is 34.9 Å². The Morgan fingerprint density at radius 3 is 2.63 bits per heavy atom. The van der Waals surface area contributed by atoms with Crippen LogP contribution in [0.2, 0.25) is 0 Å². The maximum atomic E-state index is 12.6. The minimum Gasteiger partial charge on any atom is -0.467 e. The van der Waals surface area contributed by atoms with Crippen molar-refractivity contribution in [3.8, 4) is 6.07 Å². The van der Waals surface area contributed by atoms with E-state index >= 15 is 0 Å². The van der Waals surface area contributed by atoms with Gasteiger partial charge < -0.3 is 23.9 Å². The number of likely N-dealkylation sites (tertiary alicyclic amines) is 1. The van der Waals surface area contributed by atoms with Gasteiger partial charge >= 0.3 is 5.97 Å². The summed E-state index contributed by atoms with van der Waals surface area (Å²) < 4.78 is 12.5. The number of nitriles is 1. The van der Waals surface area contributed by atoms with E-state index in [9.17, 15) is 19.6 Å². The molecule has 0 spiro atoms. The molecule has 0 aromatic carbocycles. The number of rotatable bonds is 7. The zero-order valence-corrected chi connectivity index (χ0v) is 20.4. The summed E-state index contributed by atoms with van der Waals surface area (Å²) in [5.74, 6) is -0.348. The summed E-state index contributed by atoms with van der Waals surface area (Å²) in [6.45, 7) is 4.50. The van der Waals surface area contributed by atoms with E-state index < -0.39 is 18.5 Å². The number of carbonyl (C=O) groups is 3. The summed E-state index contributed by atoms with van der Waals surface area (Å²) in [6, 6.07) is 9.35. The number of nitrogens with zero attached hydrogens (tertiary/aromatic N) is 3. The summed E-state index contributed by atoms with van der Waals surface area (Å²) in [7, 11) is 0. The lowest BCUT2D eigenvalue weighted by atomic mass is 9.97. The van der Waals surface area contributed by atoms with Gasteiger partial charge in [0.15, 0.2) is 6.61 Å². The molecule has 10 heteroatoms. The van der Waals surface area contributed by atoms with Crippen LogP contribution in [0.3, 0.4) is 0 Å². The van der Waals surface area contributed by atoms with Crippen LogP contribution in [-0.4, -0.2) is 46.9 Å². The molecule has 35 heavy (non-hydrogen) atoms. The van der Waals surface area contributed by atoms with Gasteiger partial charge in [0, 0.05) is 18.8 Å². The monoisotopic (exact) mass is 494 g/mol. The minimum atomic E-state index is -0.529. The average Bonchev–Trinajstić information content (AvgIpc) is 3.62. The number of carbonyl (C=O) groups excluding carboxylic acids is 3. The lowest BCUT2D eigenvalue weighted by Gasteiger charge is -2.30. The first-order valence-corrected chi connectivity index (χ1v) is 12.2. The van der Waals surface area contributed by atoms with Crippen molar-refractivity contribution in [1.82, 2.24) is 9.47 Å². The van der Waals surface area contributed by atoms with Crippen molar-refractivity contribution in [2.75, 3.05) is 25.0 Å². The summed E-state index contributed by atoms with van der Waals surface area (Å²) in [4.78, 5) is 40.1. The van der Waals surface area contributed by atoms with Crippen LogP contribution in [-0.2, 0) is 20.9 Å². The molecular weight excluding hydrogens is 468 g/mol. The third kappa shape index (κ3) is 5.30. The van der Waals surface area contributed by atoms with Crippen molar-refractivity contribution in [1.29, 1.82) is 5.26 Å². The Morgan fingerprint density at radius 2 is 2.00 bits per heavy atom. The van der Waals surface area contributed by atoms with Gasteiger partial charge in [-0.25, -0.2) is 0 Å². The number of amides is 2. The molecule has 9 nitrogen and oxygen atoms in total. The first kappa shape index (κ1) is 24.3. The largest absolute Gasteiger partial charge is 0.467 e. The second-order valence-electron chi connectivity index (χ2n) is 8.41. The van der Waals surface area contributed by atoms with Crippen LogP contribution in [0.4, 0.5) is 5.82 Å². The predicted molar refractivity (Wildman–Crippen MR) is 129 cm³/mol. The van der Waals surface area contributed by atoms with Gasteiger partial charge in [-0.2, -0.15) is 5.26 Å². The number of aromatic nitrogens is 1. The fourth-order valence-electron chi connectivity index (χ4n) is 4.18. The van der Waals surface area contributed by atoms with Gasteiger partial charge in [0.1, 0.15) is 17.6 Å². The van der Waals surface area contributed by atoms with E-state index in [1.54, 1.807) is 27.9 Å². The number of nitrogens with one attached hydrogen (secondary N) is 1. The van der Waals surface area contributed by atoms with Crippen LogP contribution in [0.15, 0.2) is 40.3 Å². The quantitative estimate of drug-likeness (QED) is 0.500. The first-order chi connectivity index (χ1) is 16.9. The Morgan fingerprint density at radius 1 is 1.23 bits per heavy atom. The van der Waals surface area contributed by atoms with Gasteiger partial charge in [0.05, 0.1) is 29.2 Å².